The Bertz CT molecular complexity index is 66.5. The molecule has 0 aromatic heterocycles. The van der Waals surface area contributed by atoms with E-state index in [9.17, 15) is 0 Å². The van der Waals surface area contributed by atoms with Gasteiger partial charge in [-0.2, -0.15) is 0 Å². The van der Waals surface area contributed by atoms with E-state index in [1.807, 2.05) is 0 Å². The van der Waals surface area contributed by atoms with Gasteiger partial charge in [-0.1, -0.05) is 15.9 Å². The van der Waals surface area contributed by atoms with Crippen molar-refractivity contribution >= 4 is 23.6 Å². The Morgan fingerprint density at radius 1 is 1.78 bits per heavy atom. The molecule has 0 amide bonds. The lowest BCUT2D eigenvalue weighted by Gasteiger charge is -2.07. The molecule has 3 nitrogen and oxygen atoms in total. The topological polar surface area (TPSA) is 55.5 Å². The van der Waals surface area contributed by atoms with Gasteiger partial charge in [0.2, 0.25) is 0 Å². The van der Waals surface area contributed by atoms with E-state index in [2.05, 4.69) is 20.6 Å². The van der Waals surface area contributed by atoms with E-state index in [0.29, 0.717) is 7.69 Å². The third kappa shape index (κ3) is 6.31. The van der Waals surface area contributed by atoms with Crippen LogP contribution in [0.1, 0.15) is 12.8 Å². The van der Waals surface area contributed by atoms with E-state index >= 15 is 0 Å². The molecule has 0 fully saturated rings. The van der Waals surface area contributed by atoms with Crippen molar-refractivity contribution in [1.29, 1.82) is 0 Å². The maximum Gasteiger partial charge on any atom is 0.486 e. The Morgan fingerprint density at radius 2 is 2.44 bits per heavy atom. The predicted molar refractivity (Wildman–Crippen MR) is 40.1 cm³/mol. The fourth-order valence-electron chi connectivity index (χ4n) is 0.425. The van der Waals surface area contributed by atoms with E-state index in [4.69, 9.17) is 10.8 Å². The second kappa shape index (κ2) is 6.54. The molecule has 0 rings (SSSR count). The molecule has 0 spiro atoms. The molecule has 1 unspecified atom stereocenters. The summed E-state index contributed by atoms with van der Waals surface area (Å²) in [4.78, 5) is 0. The van der Waals surface area contributed by atoms with Crippen LogP contribution >= 0.6 is 15.9 Å². The summed E-state index contributed by atoms with van der Waals surface area (Å²) < 4.78 is 4.53. The Kier molecular flexibility index (Phi) is 6.85. The Balaban J connectivity index is 2.95. The van der Waals surface area contributed by atoms with Gasteiger partial charge in [0.25, 0.3) is 0 Å². The van der Waals surface area contributed by atoms with Crippen molar-refractivity contribution in [2.24, 2.45) is 5.73 Å². The molecule has 0 saturated heterocycles. The van der Waals surface area contributed by atoms with Gasteiger partial charge < -0.3 is 15.4 Å². The van der Waals surface area contributed by atoms with Gasteiger partial charge in [-0.25, -0.2) is 0 Å². The molecule has 1 atom stereocenters. The molecule has 9 heavy (non-hydrogen) atoms. The van der Waals surface area contributed by atoms with Crippen LogP contribution in [0.3, 0.4) is 0 Å². The maximum absolute atomic E-state index is 8.10. The maximum atomic E-state index is 8.10. The number of hydrogen-bond acceptors (Lipinski definition) is 3. The minimum atomic E-state index is -0.368. The van der Waals surface area contributed by atoms with Crippen molar-refractivity contribution in [3.05, 3.63) is 0 Å². The van der Waals surface area contributed by atoms with Gasteiger partial charge in [-0.05, 0) is 12.8 Å². The van der Waals surface area contributed by atoms with Crippen molar-refractivity contribution < 1.29 is 9.68 Å². The monoisotopic (exact) mass is 194 g/mol. The number of alkyl halides is 1. The quantitative estimate of drug-likeness (QED) is 0.368. The van der Waals surface area contributed by atoms with Crippen LogP contribution in [0, 0.1) is 0 Å². The van der Waals surface area contributed by atoms with Crippen LogP contribution in [-0.4, -0.2) is 24.3 Å². The zero-order chi connectivity index (χ0) is 7.11. The molecule has 0 aromatic carbocycles. The lowest BCUT2D eigenvalue weighted by molar-refractivity contribution is 0.179. The molecule has 5 heteroatoms. The highest BCUT2D eigenvalue weighted by Crippen LogP contribution is 1.97. The summed E-state index contributed by atoms with van der Waals surface area (Å²) in [7, 11) is 0.624. The third-order valence-corrected chi connectivity index (χ3v) is 1.42. The predicted octanol–water partition coefficient (Wildman–Crippen LogP) is -0.0106. The first-order valence-corrected chi connectivity index (χ1v) is 3.86. The standard InChI is InChI=1S/C4H10BBrNO2/c6-3-1-2-4(7)9-5-8/h4,8H,1-3,7H2. The second-order valence-electron chi connectivity index (χ2n) is 1.61. The molecular weight excluding hydrogens is 185 g/mol. The molecule has 3 N–H and O–H groups in total. The van der Waals surface area contributed by atoms with Crippen LogP contribution in [-0.2, 0) is 4.65 Å². The molecule has 0 aliphatic carbocycles. The number of halogens is 1. The summed E-state index contributed by atoms with van der Waals surface area (Å²) in [6.07, 6.45) is 1.34. The van der Waals surface area contributed by atoms with E-state index in [1.54, 1.807) is 0 Å². The Hall–Kier alpha value is 0.425. The molecule has 0 aliphatic heterocycles. The molecule has 0 aliphatic rings. The summed E-state index contributed by atoms with van der Waals surface area (Å²) in [5.41, 5.74) is 5.34. The van der Waals surface area contributed by atoms with Crippen LogP contribution in [0.25, 0.3) is 0 Å². The van der Waals surface area contributed by atoms with Crippen LogP contribution in [0.2, 0.25) is 0 Å². The van der Waals surface area contributed by atoms with Crippen LogP contribution in [0.15, 0.2) is 0 Å². The summed E-state index contributed by atoms with van der Waals surface area (Å²) in [6.45, 7) is 0. The minimum Gasteiger partial charge on any atom is -0.429 e. The highest BCUT2D eigenvalue weighted by atomic mass is 79.9. The van der Waals surface area contributed by atoms with Crippen molar-refractivity contribution in [2.45, 2.75) is 19.1 Å². The van der Waals surface area contributed by atoms with Crippen molar-refractivity contribution in [2.75, 3.05) is 5.33 Å². The highest BCUT2D eigenvalue weighted by Gasteiger charge is 2.00. The number of nitrogens with two attached hydrogens (primary N) is 1. The van der Waals surface area contributed by atoms with Gasteiger partial charge in [-0.15, -0.1) is 0 Å². The van der Waals surface area contributed by atoms with Gasteiger partial charge in [0.1, 0.15) is 0 Å². The first kappa shape index (κ1) is 9.42. The van der Waals surface area contributed by atoms with E-state index in [0.717, 1.165) is 18.2 Å². The summed E-state index contributed by atoms with van der Waals surface area (Å²) in [6, 6.07) is 0. The molecule has 53 valence electrons. The smallest absolute Gasteiger partial charge is 0.429 e. The van der Waals surface area contributed by atoms with Crippen molar-refractivity contribution in [3.63, 3.8) is 0 Å². The van der Waals surface area contributed by atoms with Crippen molar-refractivity contribution in [1.82, 2.24) is 0 Å². The summed E-state index contributed by atoms with van der Waals surface area (Å²) in [5, 5.41) is 9.01. The Labute approximate surface area is 64.0 Å². The average molecular weight is 195 g/mol. The van der Waals surface area contributed by atoms with E-state index in [-0.39, 0.29) is 6.23 Å². The summed E-state index contributed by atoms with van der Waals surface area (Å²) >= 11 is 3.25. The molecule has 0 bridgehead atoms. The average Bonchev–Trinajstić information content (AvgIpc) is 1.85. The largest absolute Gasteiger partial charge is 0.486 e. The number of rotatable bonds is 5. The second-order valence-corrected chi connectivity index (χ2v) is 2.40. The van der Waals surface area contributed by atoms with Crippen LogP contribution in [0.4, 0.5) is 0 Å². The zero-order valence-electron chi connectivity index (χ0n) is 5.09. The summed E-state index contributed by atoms with van der Waals surface area (Å²) in [5.74, 6) is 0. The zero-order valence-corrected chi connectivity index (χ0v) is 6.67. The molecule has 0 aromatic rings. The van der Waals surface area contributed by atoms with Crippen molar-refractivity contribution in [3.8, 4) is 0 Å². The fraction of sp³-hybridized carbons (Fsp3) is 1.00. The first-order chi connectivity index (χ1) is 4.31. The molecule has 0 heterocycles. The minimum absolute atomic E-state index is 0.368. The molecular formula is C4H10BBrNO2. The normalized spacial score (nSPS) is 13.2. The fourth-order valence-corrected chi connectivity index (χ4v) is 0.748. The van der Waals surface area contributed by atoms with Crippen LogP contribution < -0.4 is 5.73 Å². The van der Waals surface area contributed by atoms with Crippen LogP contribution in [0.5, 0.6) is 0 Å². The van der Waals surface area contributed by atoms with Gasteiger partial charge in [0.05, 0.1) is 6.23 Å². The van der Waals surface area contributed by atoms with Gasteiger partial charge in [0.15, 0.2) is 0 Å². The lowest BCUT2D eigenvalue weighted by Crippen LogP contribution is -2.25. The van der Waals surface area contributed by atoms with Gasteiger partial charge in [0, 0.05) is 5.33 Å². The van der Waals surface area contributed by atoms with Gasteiger partial charge >= 0.3 is 7.69 Å². The van der Waals surface area contributed by atoms with Gasteiger partial charge in [-0.3, -0.25) is 0 Å². The number of hydrogen-bond donors (Lipinski definition) is 2. The molecule has 1 radical (unpaired) electrons. The Morgan fingerprint density at radius 3 is 2.89 bits per heavy atom. The SMILES string of the molecule is NC(CCCBr)O[B]O. The first-order valence-electron chi connectivity index (χ1n) is 2.74. The molecule has 0 saturated carbocycles. The van der Waals surface area contributed by atoms with E-state index in [1.165, 1.54) is 0 Å². The third-order valence-electron chi connectivity index (χ3n) is 0.858. The highest BCUT2D eigenvalue weighted by molar-refractivity contribution is 9.09. The lowest BCUT2D eigenvalue weighted by atomic mass is 10.3. The van der Waals surface area contributed by atoms with E-state index < -0.39 is 0 Å².